The normalized spacial score (nSPS) is 14.8. The van der Waals surface area contributed by atoms with Gasteiger partial charge in [0.15, 0.2) is 0 Å². The van der Waals surface area contributed by atoms with Gasteiger partial charge >= 0.3 is 0 Å². The summed E-state index contributed by atoms with van der Waals surface area (Å²) in [5, 5.41) is 2.98. The number of nitrogens with zero attached hydrogens (tertiary/aromatic N) is 2. The fraction of sp³-hybridized carbons (Fsp3) is 0.462. The maximum Gasteiger partial charge on any atom is 0.244 e. The molecular weight excluding hydrogens is 485 g/mol. The Labute approximate surface area is 212 Å². The average Bonchev–Trinajstić information content (AvgIpc) is 3.34. The maximum atomic E-state index is 14.5. The molecule has 10 heteroatoms. The molecule has 8 nitrogen and oxygen atoms in total. The van der Waals surface area contributed by atoms with Crippen molar-refractivity contribution in [2.24, 2.45) is 0 Å². The molecule has 0 radical (unpaired) electrons. The van der Waals surface area contributed by atoms with Gasteiger partial charge in [-0.05, 0) is 44.9 Å². The third-order valence-corrected chi connectivity index (χ3v) is 7.41. The van der Waals surface area contributed by atoms with E-state index < -0.39 is 34.3 Å². The van der Waals surface area contributed by atoms with Gasteiger partial charge in [0.2, 0.25) is 21.8 Å². The van der Waals surface area contributed by atoms with E-state index in [0.717, 1.165) is 36.2 Å². The Morgan fingerprint density at radius 3 is 2.39 bits per heavy atom. The minimum absolute atomic E-state index is 0.0379. The Hall–Kier alpha value is -3.14. The zero-order valence-electron chi connectivity index (χ0n) is 20.9. The Kier molecular flexibility index (Phi) is 9.31. The van der Waals surface area contributed by atoms with Crippen molar-refractivity contribution >= 4 is 27.5 Å². The van der Waals surface area contributed by atoms with E-state index >= 15 is 0 Å². The van der Waals surface area contributed by atoms with Crippen LogP contribution in [0.15, 0.2) is 48.5 Å². The van der Waals surface area contributed by atoms with Crippen LogP contribution in [-0.2, 0) is 26.2 Å². The molecule has 36 heavy (non-hydrogen) atoms. The Morgan fingerprint density at radius 1 is 1.11 bits per heavy atom. The maximum absolute atomic E-state index is 14.5. The summed E-state index contributed by atoms with van der Waals surface area (Å²) in [6.07, 6.45) is 4.80. The zero-order chi connectivity index (χ0) is 26.3. The molecule has 0 heterocycles. The van der Waals surface area contributed by atoms with E-state index in [1.165, 1.54) is 23.1 Å². The van der Waals surface area contributed by atoms with Crippen molar-refractivity contribution in [2.45, 2.75) is 58.2 Å². The first-order valence-corrected chi connectivity index (χ1v) is 14.0. The van der Waals surface area contributed by atoms with E-state index in [0.29, 0.717) is 12.4 Å². The van der Waals surface area contributed by atoms with Gasteiger partial charge in [0, 0.05) is 18.2 Å². The number of sulfonamides is 1. The van der Waals surface area contributed by atoms with Crippen molar-refractivity contribution in [3.8, 4) is 5.75 Å². The first-order chi connectivity index (χ1) is 17.1. The number of hydrogen-bond acceptors (Lipinski definition) is 5. The van der Waals surface area contributed by atoms with Gasteiger partial charge in [-0.15, -0.1) is 0 Å². The summed E-state index contributed by atoms with van der Waals surface area (Å²) in [5.74, 6) is -1.19. The van der Waals surface area contributed by atoms with Gasteiger partial charge < -0.3 is 15.0 Å². The minimum atomic E-state index is -3.90. The fourth-order valence-electron chi connectivity index (χ4n) is 4.32. The number of benzene rings is 2. The molecule has 2 amide bonds. The van der Waals surface area contributed by atoms with E-state index in [1.54, 1.807) is 44.2 Å². The Bertz CT molecular complexity index is 1170. The molecule has 0 aliphatic heterocycles. The summed E-state index contributed by atoms with van der Waals surface area (Å²) in [7, 11) is -3.90. The van der Waals surface area contributed by atoms with Crippen LogP contribution in [-0.4, -0.2) is 56.6 Å². The summed E-state index contributed by atoms with van der Waals surface area (Å²) >= 11 is 0. The highest BCUT2D eigenvalue weighted by atomic mass is 32.2. The molecule has 0 saturated heterocycles. The number of anilines is 1. The first kappa shape index (κ1) is 27.4. The average molecular weight is 520 g/mol. The second kappa shape index (κ2) is 12.2. The molecule has 0 spiro atoms. The van der Waals surface area contributed by atoms with Crippen molar-refractivity contribution in [2.75, 3.05) is 23.7 Å². The van der Waals surface area contributed by atoms with Gasteiger partial charge in [-0.3, -0.25) is 13.9 Å². The quantitative estimate of drug-likeness (QED) is 0.491. The standard InChI is InChI=1S/C26H34FN3O5S/c1-4-35-24-16-10-9-15-23(24)30(36(3,33)34)18-25(31)29(17-20-11-5-8-14-22(20)27)19(2)26(32)28-21-12-6-7-13-21/h5,8-11,14-16,19,21H,4,6-7,12-13,17-18H2,1-3H3,(H,28,32)/t19-/m0/s1. The topological polar surface area (TPSA) is 96.0 Å². The molecule has 0 bridgehead atoms. The monoisotopic (exact) mass is 519 g/mol. The largest absolute Gasteiger partial charge is 0.492 e. The molecule has 3 rings (SSSR count). The lowest BCUT2D eigenvalue weighted by atomic mass is 10.1. The van der Waals surface area contributed by atoms with Gasteiger partial charge in [-0.25, -0.2) is 12.8 Å². The van der Waals surface area contributed by atoms with Crippen LogP contribution in [0.3, 0.4) is 0 Å². The van der Waals surface area contributed by atoms with Crippen molar-refractivity contribution in [1.29, 1.82) is 0 Å². The molecule has 1 saturated carbocycles. The lowest BCUT2D eigenvalue weighted by molar-refractivity contribution is -0.139. The SMILES string of the molecule is CCOc1ccccc1N(CC(=O)N(Cc1ccccc1F)[C@@H](C)C(=O)NC1CCCC1)S(C)(=O)=O. The molecule has 196 valence electrons. The zero-order valence-corrected chi connectivity index (χ0v) is 21.8. The summed E-state index contributed by atoms with van der Waals surface area (Å²) in [6, 6.07) is 11.6. The number of ether oxygens (including phenoxy) is 1. The highest BCUT2D eigenvalue weighted by Gasteiger charge is 2.32. The lowest BCUT2D eigenvalue weighted by Gasteiger charge is -2.32. The van der Waals surface area contributed by atoms with E-state index in [9.17, 15) is 22.4 Å². The van der Waals surface area contributed by atoms with Crippen molar-refractivity contribution in [1.82, 2.24) is 10.2 Å². The molecular formula is C26H34FN3O5S. The Balaban J connectivity index is 1.92. The summed E-state index contributed by atoms with van der Waals surface area (Å²) in [5.41, 5.74) is 0.441. The molecule has 0 unspecified atom stereocenters. The third kappa shape index (κ3) is 6.96. The highest BCUT2D eigenvalue weighted by molar-refractivity contribution is 7.92. The Morgan fingerprint density at radius 2 is 1.75 bits per heavy atom. The molecule has 1 N–H and O–H groups in total. The third-order valence-electron chi connectivity index (χ3n) is 6.28. The molecule has 1 aliphatic rings. The molecule has 1 atom stereocenters. The van der Waals surface area contributed by atoms with E-state index in [-0.39, 0.29) is 29.7 Å². The van der Waals surface area contributed by atoms with Crippen molar-refractivity contribution in [3.63, 3.8) is 0 Å². The first-order valence-electron chi connectivity index (χ1n) is 12.1. The molecule has 1 aliphatic carbocycles. The number of carbonyl (C=O) groups excluding carboxylic acids is 2. The van der Waals surface area contributed by atoms with E-state index in [4.69, 9.17) is 4.74 Å². The van der Waals surface area contributed by atoms with Crippen molar-refractivity contribution < 1.29 is 27.1 Å². The van der Waals surface area contributed by atoms with Crippen LogP contribution in [0.2, 0.25) is 0 Å². The van der Waals surface area contributed by atoms with Gasteiger partial charge in [-0.2, -0.15) is 0 Å². The highest BCUT2D eigenvalue weighted by Crippen LogP contribution is 2.30. The van der Waals surface area contributed by atoms with Crippen LogP contribution in [0, 0.1) is 5.82 Å². The predicted octanol–water partition coefficient (Wildman–Crippen LogP) is 3.47. The number of amides is 2. The number of carbonyl (C=O) groups is 2. The summed E-state index contributed by atoms with van der Waals surface area (Å²) in [4.78, 5) is 27.9. The van der Waals surface area contributed by atoms with E-state index in [1.807, 2.05) is 0 Å². The molecule has 2 aromatic carbocycles. The van der Waals surface area contributed by atoms with Crippen LogP contribution >= 0.6 is 0 Å². The van der Waals surface area contributed by atoms with Crippen LogP contribution in [0.5, 0.6) is 5.75 Å². The smallest absolute Gasteiger partial charge is 0.244 e. The molecule has 2 aromatic rings. The second-order valence-corrected chi connectivity index (χ2v) is 10.9. The fourth-order valence-corrected chi connectivity index (χ4v) is 5.17. The number of nitrogens with one attached hydrogen (secondary N) is 1. The van der Waals surface area contributed by atoms with Crippen molar-refractivity contribution in [3.05, 3.63) is 59.9 Å². The van der Waals surface area contributed by atoms with Gasteiger partial charge in [0.1, 0.15) is 24.2 Å². The van der Waals surface area contributed by atoms with Crippen LogP contribution in [0.4, 0.5) is 10.1 Å². The number of halogens is 1. The lowest BCUT2D eigenvalue weighted by Crippen LogP contribution is -2.52. The van der Waals surface area contributed by atoms with Gasteiger partial charge in [-0.1, -0.05) is 43.2 Å². The number of rotatable bonds is 11. The van der Waals surface area contributed by atoms with Crippen LogP contribution in [0.1, 0.15) is 45.1 Å². The van der Waals surface area contributed by atoms with Gasteiger partial charge in [0.05, 0.1) is 18.6 Å². The summed E-state index contributed by atoms with van der Waals surface area (Å²) in [6.45, 7) is 2.89. The predicted molar refractivity (Wildman–Crippen MR) is 137 cm³/mol. The molecule has 0 aromatic heterocycles. The second-order valence-electron chi connectivity index (χ2n) is 8.95. The minimum Gasteiger partial charge on any atom is -0.492 e. The van der Waals surface area contributed by atoms with Gasteiger partial charge in [0.25, 0.3) is 0 Å². The number of hydrogen-bond donors (Lipinski definition) is 1. The summed E-state index contributed by atoms with van der Waals surface area (Å²) < 4.78 is 46.5. The molecule has 1 fully saturated rings. The number of para-hydroxylation sites is 2. The van der Waals surface area contributed by atoms with Crippen LogP contribution in [0.25, 0.3) is 0 Å². The van der Waals surface area contributed by atoms with Crippen LogP contribution < -0.4 is 14.4 Å². The van der Waals surface area contributed by atoms with E-state index in [2.05, 4.69) is 5.32 Å².